The van der Waals surface area contributed by atoms with Crippen molar-refractivity contribution in [3.63, 3.8) is 0 Å². The van der Waals surface area contributed by atoms with Crippen LogP contribution in [0.4, 0.5) is 4.39 Å². The fourth-order valence-corrected chi connectivity index (χ4v) is 3.41. The third-order valence-electron chi connectivity index (χ3n) is 4.89. The van der Waals surface area contributed by atoms with Crippen LogP contribution in [0.25, 0.3) is 22.4 Å². The molecular weight excluding hydrogens is 371 g/mol. The van der Waals surface area contributed by atoms with Crippen LogP contribution in [-0.2, 0) is 0 Å². The van der Waals surface area contributed by atoms with Crippen molar-refractivity contribution in [3.05, 3.63) is 47.4 Å². The van der Waals surface area contributed by atoms with Gasteiger partial charge in [-0.05, 0) is 56.1 Å². The molecule has 1 atom stereocenters. The summed E-state index contributed by atoms with van der Waals surface area (Å²) in [5, 5.41) is 4.58. The molecule has 6 nitrogen and oxygen atoms in total. The summed E-state index contributed by atoms with van der Waals surface area (Å²) in [4.78, 5) is 19.4. The molecule has 3 aromatic rings. The number of pyridine rings is 1. The highest BCUT2D eigenvalue weighted by molar-refractivity contribution is 6.07. The Hall–Kier alpha value is -2.51. The van der Waals surface area contributed by atoms with Gasteiger partial charge in [0.25, 0.3) is 11.6 Å². The Morgan fingerprint density at radius 1 is 1.37 bits per heavy atom. The van der Waals surface area contributed by atoms with Gasteiger partial charge in [-0.15, -0.1) is 12.4 Å². The number of hydrogen-bond donors (Lipinski definition) is 1. The van der Waals surface area contributed by atoms with E-state index in [9.17, 15) is 9.18 Å². The van der Waals surface area contributed by atoms with E-state index < -0.39 is 0 Å². The number of aromatic nitrogens is 2. The molecule has 3 heterocycles. The van der Waals surface area contributed by atoms with Crippen LogP contribution in [0.1, 0.15) is 22.5 Å². The molecule has 1 unspecified atom stereocenters. The van der Waals surface area contributed by atoms with E-state index in [-0.39, 0.29) is 24.1 Å². The van der Waals surface area contributed by atoms with Gasteiger partial charge in [0.1, 0.15) is 5.82 Å². The Morgan fingerprint density at radius 2 is 2.11 bits per heavy atom. The van der Waals surface area contributed by atoms with Gasteiger partial charge < -0.3 is 15.2 Å². The summed E-state index contributed by atoms with van der Waals surface area (Å²) in [6, 6.07) is 7.71. The summed E-state index contributed by atoms with van der Waals surface area (Å²) < 4.78 is 18.5. The summed E-state index contributed by atoms with van der Waals surface area (Å²) in [5.41, 5.74) is 8.43. The number of carbonyl (C=O) groups is 1. The van der Waals surface area contributed by atoms with Crippen LogP contribution in [0.5, 0.6) is 0 Å². The van der Waals surface area contributed by atoms with Crippen molar-refractivity contribution < 1.29 is 13.7 Å². The van der Waals surface area contributed by atoms with Crippen molar-refractivity contribution in [3.8, 4) is 11.3 Å². The largest absolute Gasteiger partial charge is 0.338 e. The van der Waals surface area contributed by atoms with Gasteiger partial charge in [0.15, 0.2) is 0 Å². The average molecular weight is 391 g/mol. The summed E-state index contributed by atoms with van der Waals surface area (Å²) in [7, 11) is 0. The average Bonchev–Trinajstić information content (AvgIpc) is 3.28. The van der Waals surface area contributed by atoms with Gasteiger partial charge in [-0.3, -0.25) is 4.79 Å². The molecule has 0 radical (unpaired) electrons. The first-order chi connectivity index (χ1) is 12.6. The van der Waals surface area contributed by atoms with Crippen molar-refractivity contribution >= 4 is 29.4 Å². The number of nitrogens with two attached hydrogens (primary N) is 1. The highest BCUT2D eigenvalue weighted by Crippen LogP contribution is 2.29. The van der Waals surface area contributed by atoms with Crippen molar-refractivity contribution in [1.82, 2.24) is 15.0 Å². The SMILES string of the molecule is Cc1noc2nc(-c3ccc(F)cc3)cc(C(=O)N3CCC(CN)C3)c12.Cl. The number of likely N-dealkylation sites (tertiary alicyclic amines) is 1. The maximum atomic E-state index is 13.2. The second-order valence-electron chi connectivity index (χ2n) is 6.65. The van der Waals surface area contributed by atoms with Crippen LogP contribution in [0.3, 0.4) is 0 Å². The van der Waals surface area contributed by atoms with E-state index >= 15 is 0 Å². The molecule has 4 rings (SSSR count). The topological polar surface area (TPSA) is 85.2 Å². The zero-order chi connectivity index (χ0) is 18.3. The van der Waals surface area contributed by atoms with Gasteiger partial charge in [-0.25, -0.2) is 9.37 Å². The molecule has 1 aliphatic rings. The van der Waals surface area contributed by atoms with Crippen LogP contribution in [0.2, 0.25) is 0 Å². The zero-order valence-electron chi connectivity index (χ0n) is 14.8. The number of fused-ring (bicyclic) bond motifs is 1. The fraction of sp³-hybridized carbons (Fsp3) is 0.316. The lowest BCUT2D eigenvalue weighted by molar-refractivity contribution is 0.0789. The molecule has 2 N–H and O–H groups in total. The molecule has 1 saturated heterocycles. The Labute approximate surface area is 161 Å². The predicted molar refractivity (Wildman–Crippen MR) is 102 cm³/mol. The Morgan fingerprint density at radius 3 is 2.78 bits per heavy atom. The molecule has 1 aliphatic heterocycles. The normalized spacial score (nSPS) is 16.6. The minimum atomic E-state index is -0.327. The van der Waals surface area contributed by atoms with Gasteiger partial charge in [-0.2, -0.15) is 0 Å². The molecule has 1 fully saturated rings. The molecule has 0 saturated carbocycles. The lowest BCUT2D eigenvalue weighted by Gasteiger charge is -2.17. The zero-order valence-corrected chi connectivity index (χ0v) is 15.6. The van der Waals surface area contributed by atoms with E-state index in [4.69, 9.17) is 10.3 Å². The van der Waals surface area contributed by atoms with Crippen molar-refractivity contribution in [2.45, 2.75) is 13.3 Å². The van der Waals surface area contributed by atoms with Gasteiger partial charge in [0, 0.05) is 18.7 Å². The van der Waals surface area contributed by atoms with Gasteiger partial charge in [0.05, 0.1) is 22.3 Å². The predicted octanol–water partition coefficient (Wildman–Crippen LogP) is 3.18. The van der Waals surface area contributed by atoms with Gasteiger partial charge >= 0.3 is 0 Å². The number of amides is 1. The van der Waals surface area contributed by atoms with Crippen LogP contribution in [-0.4, -0.2) is 40.6 Å². The first kappa shape index (κ1) is 19.3. The molecule has 27 heavy (non-hydrogen) atoms. The first-order valence-corrected chi connectivity index (χ1v) is 8.59. The van der Waals surface area contributed by atoms with Gasteiger partial charge in [0.2, 0.25) is 0 Å². The molecule has 142 valence electrons. The van der Waals surface area contributed by atoms with E-state index in [0.717, 1.165) is 6.42 Å². The minimum Gasteiger partial charge on any atom is -0.338 e. The molecule has 0 spiro atoms. The fourth-order valence-electron chi connectivity index (χ4n) is 3.41. The summed E-state index contributed by atoms with van der Waals surface area (Å²) in [6.07, 6.45) is 0.907. The molecule has 8 heteroatoms. The highest BCUT2D eigenvalue weighted by atomic mass is 35.5. The van der Waals surface area contributed by atoms with Crippen LogP contribution < -0.4 is 5.73 Å². The number of benzene rings is 1. The smallest absolute Gasteiger partial charge is 0.259 e. The maximum absolute atomic E-state index is 13.2. The third-order valence-corrected chi connectivity index (χ3v) is 4.89. The molecule has 0 aliphatic carbocycles. The van der Waals surface area contributed by atoms with Crippen LogP contribution in [0, 0.1) is 18.7 Å². The molecule has 1 amide bonds. The number of hydrogen-bond acceptors (Lipinski definition) is 5. The Kier molecular flexibility index (Phi) is 5.43. The monoisotopic (exact) mass is 390 g/mol. The molecular formula is C19H20ClFN4O2. The third kappa shape index (κ3) is 3.52. The second kappa shape index (κ2) is 7.62. The standard InChI is InChI=1S/C19H19FN4O2.ClH/c1-11-17-15(19(25)24-7-6-12(9-21)10-24)8-16(22-18(17)26-23-11)13-2-4-14(20)5-3-13;/h2-5,8,12H,6-7,9-10,21H2,1H3;1H. The number of nitrogens with zero attached hydrogens (tertiary/aromatic N) is 3. The Bertz CT molecular complexity index is 974. The number of rotatable bonds is 3. The van der Waals surface area contributed by atoms with Crippen molar-refractivity contribution in [1.29, 1.82) is 0 Å². The van der Waals surface area contributed by atoms with Gasteiger partial charge in [-0.1, -0.05) is 5.16 Å². The second-order valence-corrected chi connectivity index (χ2v) is 6.65. The Balaban J connectivity index is 0.00000210. The lowest BCUT2D eigenvalue weighted by atomic mass is 10.0. The highest BCUT2D eigenvalue weighted by Gasteiger charge is 2.29. The number of halogens is 2. The van der Waals surface area contributed by atoms with E-state index in [1.807, 2.05) is 4.90 Å². The van der Waals surface area contributed by atoms with Crippen molar-refractivity contribution in [2.24, 2.45) is 11.7 Å². The lowest BCUT2D eigenvalue weighted by Crippen LogP contribution is -2.30. The quantitative estimate of drug-likeness (QED) is 0.742. The summed E-state index contributed by atoms with van der Waals surface area (Å²) >= 11 is 0. The first-order valence-electron chi connectivity index (χ1n) is 8.59. The minimum absolute atomic E-state index is 0. The van der Waals surface area contributed by atoms with E-state index in [1.165, 1.54) is 12.1 Å². The summed E-state index contributed by atoms with van der Waals surface area (Å²) in [6.45, 7) is 3.69. The number of carbonyl (C=O) groups excluding carboxylic acids is 1. The molecule has 0 bridgehead atoms. The van der Waals surface area contributed by atoms with Crippen LogP contribution >= 0.6 is 12.4 Å². The number of aryl methyl sites for hydroxylation is 1. The molecule has 2 aromatic heterocycles. The maximum Gasteiger partial charge on any atom is 0.259 e. The van der Waals surface area contributed by atoms with E-state index in [0.29, 0.717) is 59.2 Å². The summed E-state index contributed by atoms with van der Waals surface area (Å²) in [5.74, 6) is -0.0778. The van der Waals surface area contributed by atoms with Crippen molar-refractivity contribution in [2.75, 3.05) is 19.6 Å². The molecule has 1 aromatic carbocycles. The van der Waals surface area contributed by atoms with Crippen LogP contribution in [0.15, 0.2) is 34.9 Å². The van der Waals surface area contributed by atoms with E-state index in [2.05, 4.69) is 10.1 Å². The van der Waals surface area contributed by atoms with E-state index in [1.54, 1.807) is 25.1 Å².